The number of aromatic nitrogens is 1. The summed E-state index contributed by atoms with van der Waals surface area (Å²) in [6.07, 6.45) is 1.54. The highest BCUT2D eigenvalue weighted by atomic mass is 35.5. The molecule has 2 rings (SSSR count). The molecule has 5 N–H and O–H groups in total. The SMILES string of the molecule is Cl.Cl.NC(=O)[C@@H](C(=O)NCc1ccc(N)nc1)c1ccc(Cl)c(Cl)c1. The highest BCUT2D eigenvalue weighted by Gasteiger charge is 2.26. The quantitative estimate of drug-likeness (QED) is 0.639. The zero-order chi connectivity index (χ0) is 17.0. The fourth-order valence-corrected chi connectivity index (χ4v) is 2.28. The molecule has 0 radical (unpaired) electrons. The number of nitrogen functional groups attached to an aromatic ring is 1. The maximum atomic E-state index is 12.3. The molecule has 0 spiro atoms. The Labute approximate surface area is 167 Å². The monoisotopic (exact) mass is 424 g/mol. The summed E-state index contributed by atoms with van der Waals surface area (Å²) in [6, 6.07) is 7.83. The Morgan fingerprint density at radius 3 is 2.32 bits per heavy atom. The van der Waals surface area contributed by atoms with E-state index in [-0.39, 0.29) is 36.4 Å². The summed E-state index contributed by atoms with van der Waals surface area (Å²) in [7, 11) is 0. The molecule has 136 valence electrons. The molecule has 6 nitrogen and oxygen atoms in total. The van der Waals surface area contributed by atoms with Crippen LogP contribution in [-0.2, 0) is 16.1 Å². The van der Waals surface area contributed by atoms with Gasteiger partial charge in [0.15, 0.2) is 0 Å². The van der Waals surface area contributed by atoms with Crippen LogP contribution < -0.4 is 16.8 Å². The highest BCUT2D eigenvalue weighted by Crippen LogP contribution is 2.26. The second-order valence-corrected chi connectivity index (χ2v) is 5.63. The molecule has 0 aliphatic carbocycles. The van der Waals surface area contributed by atoms with Crippen molar-refractivity contribution in [3.05, 3.63) is 57.7 Å². The maximum Gasteiger partial charge on any atom is 0.237 e. The predicted molar refractivity (Wildman–Crippen MR) is 103 cm³/mol. The molecule has 0 bridgehead atoms. The molecule has 0 saturated heterocycles. The van der Waals surface area contributed by atoms with Crippen LogP contribution in [0.2, 0.25) is 10.0 Å². The molecule has 2 amide bonds. The van der Waals surface area contributed by atoms with E-state index in [1.54, 1.807) is 12.1 Å². The number of nitrogens with one attached hydrogen (secondary N) is 1. The number of carbonyl (C=O) groups is 2. The van der Waals surface area contributed by atoms with Gasteiger partial charge in [-0.05, 0) is 29.3 Å². The van der Waals surface area contributed by atoms with Crippen LogP contribution in [0, 0.1) is 0 Å². The minimum Gasteiger partial charge on any atom is -0.384 e. The first-order chi connectivity index (χ1) is 10.9. The summed E-state index contributed by atoms with van der Waals surface area (Å²) in [4.78, 5) is 27.9. The van der Waals surface area contributed by atoms with E-state index in [0.717, 1.165) is 5.56 Å². The van der Waals surface area contributed by atoms with E-state index in [4.69, 9.17) is 34.7 Å². The van der Waals surface area contributed by atoms with Crippen LogP contribution in [0.3, 0.4) is 0 Å². The molecule has 10 heteroatoms. The maximum absolute atomic E-state index is 12.3. The summed E-state index contributed by atoms with van der Waals surface area (Å²) in [6.45, 7) is 0.192. The number of halogens is 4. The molecule has 25 heavy (non-hydrogen) atoms. The van der Waals surface area contributed by atoms with Crippen LogP contribution in [-0.4, -0.2) is 16.8 Å². The normalized spacial score (nSPS) is 10.8. The zero-order valence-corrected chi connectivity index (χ0v) is 15.9. The van der Waals surface area contributed by atoms with Crippen LogP contribution in [0.15, 0.2) is 36.5 Å². The Morgan fingerprint density at radius 2 is 1.80 bits per heavy atom. The van der Waals surface area contributed by atoms with Gasteiger partial charge in [0.2, 0.25) is 11.8 Å². The molecule has 0 unspecified atom stereocenters. The largest absolute Gasteiger partial charge is 0.384 e. The molecule has 0 aliphatic rings. The number of hydrogen-bond acceptors (Lipinski definition) is 4. The van der Waals surface area contributed by atoms with Crippen molar-refractivity contribution < 1.29 is 9.59 Å². The summed E-state index contributed by atoms with van der Waals surface area (Å²) < 4.78 is 0. The van der Waals surface area contributed by atoms with Gasteiger partial charge >= 0.3 is 0 Å². The fraction of sp³-hybridized carbons (Fsp3) is 0.133. The van der Waals surface area contributed by atoms with Gasteiger partial charge in [-0.1, -0.05) is 35.3 Å². The van der Waals surface area contributed by atoms with Crippen molar-refractivity contribution in [2.24, 2.45) is 5.73 Å². The summed E-state index contributed by atoms with van der Waals surface area (Å²) in [5, 5.41) is 3.20. The Hall–Kier alpha value is -1.73. The number of anilines is 1. The lowest BCUT2D eigenvalue weighted by atomic mass is 9.97. The van der Waals surface area contributed by atoms with E-state index >= 15 is 0 Å². The smallest absolute Gasteiger partial charge is 0.237 e. The van der Waals surface area contributed by atoms with Crippen molar-refractivity contribution >= 4 is 65.6 Å². The van der Waals surface area contributed by atoms with Gasteiger partial charge in [-0.25, -0.2) is 4.98 Å². The molecule has 1 aromatic carbocycles. The Kier molecular flexibility index (Phi) is 9.59. The van der Waals surface area contributed by atoms with E-state index in [2.05, 4.69) is 10.3 Å². The number of hydrogen-bond donors (Lipinski definition) is 3. The van der Waals surface area contributed by atoms with Gasteiger partial charge in [0.05, 0.1) is 10.0 Å². The Bertz CT molecular complexity index is 741. The zero-order valence-electron chi connectivity index (χ0n) is 12.7. The summed E-state index contributed by atoms with van der Waals surface area (Å²) in [5.74, 6) is -2.10. The van der Waals surface area contributed by atoms with Gasteiger partial charge in [0.1, 0.15) is 11.7 Å². The van der Waals surface area contributed by atoms with E-state index < -0.39 is 17.7 Å². The van der Waals surface area contributed by atoms with E-state index in [1.165, 1.54) is 24.4 Å². The number of benzene rings is 1. The molecule has 1 heterocycles. The molecule has 1 atom stereocenters. The number of nitrogens with two attached hydrogens (primary N) is 2. The van der Waals surface area contributed by atoms with E-state index in [0.29, 0.717) is 16.4 Å². The average Bonchev–Trinajstić information content (AvgIpc) is 2.50. The van der Waals surface area contributed by atoms with E-state index in [9.17, 15) is 9.59 Å². The van der Waals surface area contributed by atoms with Crippen molar-refractivity contribution in [2.75, 3.05) is 5.73 Å². The first kappa shape index (κ1) is 23.3. The third kappa shape index (κ3) is 6.25. The minimum absolute atomic E-state index is 0. The second kappa shape index (κ2) is 10.3. The molecule has 0 fully saturated rings. The van der Waals surface area contributed by atoms with Crippen LogP contribution in [0.5, 0.6) is 0 Å². The summed E-state index contributed by atoms with van der Waals surface area (Å²) in [5.41, 5.74) is 11.9. The topological polar surface area (TPSA) is 111 Å². The number of primary amides is 1. The van der Waals surface area contributed by atoms with Gasteiger partial charge in [0.25, 0.3) is 0 Å². The second-order valence-electron chi connectivity index (χ2n) is 4.82. The minimum atomic E-state index is -1.16. The van der Waals surface area contributed by atoms with Gasteiger partial charge in [-0.2, -0.15) is 0 Å². The third-order valence-corrected chi connectivity index (χ3v) is 3.88. The molecule has 0 aliphatic heterocycles. The lowest BCUT2D eigenvalue weighted by molar-refractivity contribution is -0.130. The van der Waals surface area contributed by atoms with Crippen LogP contribution in [0.25, 0.3) is 0 Å². The molecular formula is C15H16Cl4N4O2. The first-order valence-corrected chi connectivity index (χ1v) is 7.36. The van der Waals surface area contributed by atoms with Crippen molar-refractivity contribution in [1.29, 1.82) is 0 Å². The molecule has 1 aromatic heterocycles. The average molecular weight is 426 g/mol. The van der Waals surface area contributed by atoms with Gasteiger partial charge in [-0.15, -0.1) is 24.8 Å². The van der Waals surface area contributed by atoms with Crippen molar-refractivity contribution in [3.8, 4) is 0 Å². The van der Waals surface area contributed by atoms with Gasteiger partial charge < -0.3 is 16.8 Å². The van der Waals surface area contributed by atoms with Gasteiger partial charge in [-0.3, -0.25) is 9.59 Å². The van der Waals surface area contributed by atoms with Crippen LogP contribution in [0.1, 0.15) is 17.0 Å². The third-order valence-electron chi connectivity index (χ3n) is 3.14. The lowest BCUT2D eigenvalue weighted by Gasteiger charge is -2.15. The predicted octanol–water partition coefficient (Wildman–Crippen LogP) is 2.70. The van der Waals surface area contributed by atoms with Crippen molar-refractivity contribution in [3.63, 3.8) is 0 Å². The van der Waals surface area contributed by atoms with Crippen LogP contribution >= 0.6 is 48.0 Å². The Balaban J connectivity index is 0.00000288. The lowest BCUT2D eigenvalue weighted by Crippen LogP contribution is -2.36. The number of carbonyl (C=O) groups excluding carboxylic acids is 2. The van der Waals surface area contributed by atoms with Crippen LogP contribution in [0.4, 0.5) is 5.82 Å². The number of nitrogens with zero attached hydrogens (tertiary/aromatic N) is 1. The van der Waals surface area contributed by atoms with Crippen molar-refractivity contribution in [2.45, 2.75) is 12.5 Å². The van der Waals surface area contributed by atoms with Gasteiger partial charge in [0, 0.05) is 12.7 Å². The van der Waals surface area contributed by atoms with E-state index in [1.807, 2.05) is 0 Å². The number of amides is 2. The molecule has 0 saturated carbocycles. The fourth-order valence-electron chi connectivity index (χ4n) is 1.97. The number of rotatable bonds is 5. The van der Waals surface area contributed by atoms with Crippen molar-refractivity contribution in [1.82, 2.24) is 10.3 Å². The Morgan fingerprint density at radius 1 is 1.12 bits per heavy atom. The molecular weight excluding hydrogens is 410 g/mol. The first-order valence-electron chi connectivity index (χ1n) is 6.61. The number of pyridine rings is 1. The highest BCUT2D eigenvalue weighted by molar-refractivity contribution is 6.42. The standard InChI is InChI=1S/C15H14Cl2N4O2.2ClH/c16-10-3-2-9(5-11(10)17)13(14(19)22)15(23)21-7-8-1-4-12(18)20-6-8;;/h1-6,13H,7H2,(H2,18,20)(H2,19,22)(H,21,23);2*1H/t13-;;/m0../s1. The summed E-state index contributed by atoms with van der Waals surface area (Å²) >= 11 is 11.8. The molecule has 2 aromatic rings.